The fourth-order valence-corrected chi connectivity index (χ4v) is 1.75. The lowest BCUT2D eigenvalue weighted by Gasteiger charge is -2.09. The molecule has 0 spiro atoms. The summed E-state index contributed by atoms with van der Waals surface area (Å²) in [6, 6.07) is 0. The van der Waals surface area contributed by atoms with Gasteiger partial charge >= 0.3 is 0 Å². The summed E-state index contributed by atoms with van der Waals surface area (Å²) in [7, 11) is -3.20. The van der Waals surface area contributed by atoms with Gasteiger partial charge in [0.2, 0.25) is 0 Å². The summed E-state index contributed by atoms with van der Waals surface area (Å²) in [6.07, 6.45) is 0.701. The first-order valence-electron chi connectivity index (χ1n) is 4.55. The van der Waals surface area contributed by atoms with Crippen LogP contribution in [0.1, 0.15) is 34.1 Å². The maximum atomic E-state index is 11.3. The Morgan fingerprint density at radius 1 is 1.23 bits per heavy atom. The Morgan fingerprint density at radius 3 is 2.00 bits per heavy atom. The average Bonchev–Trinajstić information content (AvgIpc) is 2.01. The van der Waals surface area contributed by atoms with Crippen LogP contribution in [0.3, 0.4) is 0 Å². The SMILES string of the molecule is CCC(C)C(=O)CS(=O)(=O)C(C)C. The molecule has 0 amide bonds. The van der Waals surface area contributed by atoms with E-state index in [0.29, 0.717) is 6.42 Å². The first-order chi connectivity index (χ1) is 5.81. The Morgan fingerprint density at radius 2 is 1.69 bits per heavy atom. The third-order valence-corrected chi connectivity index (χ3v) is 4.35. The van der Waals surface area contributed by atoms with E-state index in [9.17, 15) is 13.2 Å². The standard InChI is InChI=1S/C9H18O3S/c1-5-8(4)9(10)6-13(11,12)7(2)3/h7-8H,5-6H2,1-4H3. The molecule has 0 aromatic rings. The first kappa shape index (κ1) is 12.6. The van der Waals surface area contributed by atoms with Gasteiger partial charge in [-0.15, -0.1) is 0 Å². The van der Waals surface area contributed by atoms with Crippen molar-refractivity contribution in [2.24, 2.45) is 5.92 Å². The summed E-state index contributed by atoms with van der Waals surface area (Å²) in [5.41, 5.74) is 0. The van der Waals surface area contributed by atoms with Crippen LogP contribution in [-0.2, 0) is 14.6 Å². The first-order valence-corrected chi connectivity index (χ1v) is 6.27. The fraction of sp³-hybridized carbons (Fsp3) is 0.889. The van der Waals surface area contributed by atoms with E-state index in [1.54, 1.807) is 20.8 Å². The molecule has 0 saturated carbocycles. The topological polar surface area (TPSA) is 51.2 Å². The molecule has 0 aromatic heterocycles. The monoisotopic (exact) mass is 206 g/mol. The molecule has 0 radical (unpaired) electrons. The van der Waals surface area contributed by atoms with Crippen molar-refractivity contribution in [3.05, 3.63) is 0 Å². The highest BCUT2D eigenvalue weighted by atomic mass is 32.2. The Labute approximate surface area is 80.4 Å². The second-order valence-electron chi connectivity index (χ2n) is 3.63. The van der Waals surface area contributed by atoms with E-state index in [4.69, 9.17) is 0 Å². The van der Waals surface area contributed by atoms with Crippen molar-refractivity contribution in [1.82, 2.24) is 0 Å². The van der Waals surface area contributed by atoms with Gasteiger partial charge in [0.05, 0.1) is 5.25 Å². The summed E-state index contributed by atoms with van der Waals surface area (Å²) in [5.74, 6) is -0.621. The van der Waals surface area contributed by atoms with Crippen LogP contribution in [-0.4, -0.2) is 25.2 Å². The zero-order valence-corrected chi connectivity index (χ0v) is 9.52. The molecule has 0 aliphatic rings. The predicted octanol–water partition coefficient (Wildman–Crippen LogP) is 1.42. The van der Waals surface area contributed by atoms with Crippen LogP contribution < -0.4 is 0 Å². The van der Waals surface area contributed by atoms with Crippen molar-refractivity contribution in [3.8, 4) is 0 Å². The predicted molar refractivity (Wildman–Crippen MR) is 53.4 cm³/mol. The normalized spacial score (nSPS) is 14.5. The molecule has 0 saturated heterocycles. The van der Waals surface area contributed by atoms with E-state index in [-0.39, 0.29) is 17.5 Å². The summed E-state index contributed by atoms with van der Waals surface area (Å²) >= 11 is 0. The van der Waals surface area contributed by atoms with Crippen LogP contribution in [0.5, 0.6) is 0 Å². The smallest absolute Gasteiger partial charge is 0.159 e. The Balaban J connectivity index is 4.38. The molecule has 3 nitrogen and oxygen atoms in total. The second-order valence-corrected chi connectivity index (χ2v) is 6.19. The molecule has 4 heteroatoms. The highest BCUT2D eigenvalue weighted by Gasteiger charge is 2.22. The third kappa shape index (κ3) is 3.89. The van der Waals surface area contributed by atoms with Crippen LogP contribution in [0, 0.1) is 5.92 Å². The van der Waals surface area contributed by atoms with Crippen molar-refractivity contribution in [2.45, 2.75) is 39.4 Å². The van der Waals surface area contributed by atoms with Gasteiger partial charge in [-0.25, -0.2) is 8.42 Å². The van der Waals surface area contributed by atoms with Crippen LogP contribution in [0.2, 0.25) is 0 Å². The summed E-state index contributed by atoms with van der Waals surface area (Å²) in [6.45, 7) is 6.83. The molecule has 0 heterocycles. The molecule has 0 aromatic carbocycles. The number of hydrogen-bond donors (Lipinski definition) is 0. The number of ketones is 1. The van der Waals surface area contributed by atoms with Crippen molar-refractivity contribution in [2.75, 3.05) is 5.75 Å². The van der Waals surface area contributed by atoms with E-state index < -0.39 is 15.1 Å². The third-order valence-electron chi connectivity index (χ3n) is 2.22. The molecule has 0 fully saturated rings. The molecule has 0 rings (SSSR count). The maximum Gasteiger partial charge on any atom is 0.159 e. The van der Waals surface area contributed by atoms with Crippen LogP contribution >= 0.6 is 0 Å². The molecule has 0 bridgehead atoms. The minimum Gasteiger partial charge on any atom is -0.298 e. The number of carbonyl (C=O) groups excluding carboxylic acids is 1. The van der Waals surface area contributed by atoms with E-state index in [0.717, 1.165) is 0 Å². The highest BCUT2D eigenvalue weighted by Crippen LogP contribution is 2.08. The molecular formula is C9H18O3S. The zero-order valence-electron chi connectivity index (χ0n) is 8.70. The Bertz CT molecular complexity index is 265. The van der Waals surface area contributed by atoms with Gasteiger partial charge in [0, 0.05) is 5.92 Å². The molecule has 78 valence electrons. The lowest BCUT2D eigenvalue weighted by atomic mass is 10.1. The van der Waals surface area contributed by atoms with Crippen LogP contribution in [0.15, 0.2) is 0 Å². The van der Waals surface area contributed by atoms with Gasteiger partial charge in [0.25, 0.3) is 0 Å². The molecule has 1 atom stereocenters. The van der Waals surface area contributed by atoms with E-state index >= 15 is 0 Å². The Hall–Kier alpha value is -0.380. The van der Waals surface area contributed by atoms with Crippen LogP contribution in [0.4, 0.5) is 0 Å². The lowest BCUT2D eigenvalue weighted by molar-refractivity contribution is -0.119. The largest absolute Gasteiger partial charge is 0.298 e. The number of rotatable bonds is 5. The van der Waals surface area contributed by atoms with Gasteiger partial charge in [-0.2, -0.15) is 0 Å². The number of hydrogen-bond acceptors (Lipinski definition) is 3. The Kier molecular flexibility index (Phi) is 4.61. The summed E-state index contributed by atoms with van der Waals surface area (Å²) in [4.78, 5) is 11.3. The second kappa shape index (κ2) is 4.74. The van der Waals surface area contributed by atoms with E-state index in [1.165, 1.54) is 0 Å². The van der Waals surface area contributed by atoms with E-state index in [2.05, 4.69) is 0 Å². The van der Waals surface area contributed by atoms with Crippen molar-refractivity contribution < 1.29 is 13.2 Å². The molecular weight excluding hydrogens is 188 g/mol. The minimum absolute atomic E-state index is 0.145. The number of sulfone groups is 1. The molecule has 13 heavy (non-hydrogen) atoms. The molecule has 1 unspecified atom stereocenters. The minimum atomic E-state index is -3.20. The van der Waals surface area contributed by atoms with Gasteiger partial charge in [0.15, 0.2) is 15.6 Å². The van der Waals surface area contributed by atoms with Gasteiger partial charge in [-0.1, -0.05) is 13.8 Å². The highest BCUT2D eigenvalue weighted by molar-refractivity contribution is 7.92. The van der Waals surface area contributed by atoms with Crippen molar-refractivity contribution in [1.29, 1.82) is 0 Å². The van der Waals surface area contributed by atoms with Gasteiger partial charge in [0.1, 0.15) is 5.75 Å². The molecule has 0 aliphatic carbocycles. The fourth-order valence-electron chi connectivity index (χ4n) is 0.735. The molecule has 0 aliphatic heterocycles. The average molecular weight is 206 g/mol. The van der Waals surface area contributed by atoms with Gasteiger partial charge in [-0.05, 0) is 20.3 Å². The van der Waals surface area contributed by atoms with Crippen LogP contribution in [0.25, 0.3) is 0 Å². The summed E-state index contributed by atoms with van der Waals surface area (Å²) < 4.78 is 22.7. The van der Waals surface area contributed by atoms with E-state index in [1.807, 2.05) is 6.92 Å². The van der Waals surface area contributed by atoms with Gasteiger partial charge < -0.3 is 0 Å². The maximum absolute atomic E-state index is 11.3. The molecule has 0 N–H and O–H groups in total. The van der Waals surface area contributed by atoms with Crippen molar-refractivity contribution >= 4 is 15.6 Å². The lowest BCUT2D eigenvalue weighted by Crippen LogP contribution is -2.26. The van der Waals surface area contributed by atoms with Gasteiger partial charge in [-0.3, -0.25) is 4.79 Å². The van der Waals surface area contributed by atoms with Crippen molar-refractivity contribution in [3.63, 3.8) is 0 Å². The number of Topliss-reactive ketones (excluding diaryl/α,β-unsaturated/α-hetero) is 1. The quantitative estimate of drug-likeness (QED) is 0.683. The summed E-state index contributed by atoms with van der Waals surface area (Å²) in [5, 5.41) is -0.458. The zero-order chi connectivity index (χ0) is 10.6. The number of carbonyl (C=O) groups is 1.